The van der Waals surface area contributed by atoms with Crippen molar-refractivity contribution in [2.75, 3.05) is 26.0 Å². The van der Waals surface area contributed by atoms with Crippen LogP contribution in [0.4, 0.5) is 5.82 Å². The highest BCUT2D eigenvalue weighted by Gasteiger charge is 2.07. The molecule has 0 amide bonds. The number of likely N-dealkylation sites (N-methyl/N-ethyl adjacent to an activating group) is 1. The zero-order chi connectivity index (χ0) is 11.5. The molecule has 0 aliphatic carbocycles. The lowest BCUT2D eigenvalue weighted by molar-refractivity contribution is 0.392. The molecule has 0 aromatic carbocycles. The number of anilines is 1. The summed E-state index contributed by atoms with van der Waals surface area (Å²) in [5.41, 5.74) is 1.01. The van der Waals surface area contributed by atoms with Gasteiger partial charge in [0.2, 0.25) is 0 Å². The van der Waals surface area contributed by atoms with Crippen molar-refractivity contribution in [1.82, 2.24) is 19.5 Å². The van der Waals surface area contributed by atoms with E-state index < -0.39 is 0 Å². The van der Waals surface area contributed by atoms with Gasteiger partial charge in [0.15, 0.2) is 5.82 Å². The van der Waals surface area contributed by atoms with Gasteiger partial charge in [-0.2, -0.15) is 5.10 Å². The Balaban J connectivity index is 2.17. The highest BCUT2D eigenvalue weighted by Crippen LogP contribution is 2.13. The second-order valence-corrected chi connectivity index (χ2v) is 4.24. The molecule has 5 nitrogen and oxygen atoms in total. The van der Waals surface area contributed by atoms with Crippen LogP contribution < -0.4 is 5.32 Å². The molecule has 0 saturated heterocycles. The summed E-state index contributed by atoms with van der Waals surface area (Å²) in [4.78, 5) is 6.48. The van der Waals surface area contributed by atoms with Gasteiger partial charge in [0.05, 0.1) is 6.20 Å². The second kappa shape index (κ2) is 4.49. The normalized spacial score (nSPS) is 13.2. The van der Waals surface area contributed by atoms with Crippen LogP contribution in [0.25, 0.3) is 5.52 Å². The van der Waals surface area contributed by atoms with Crippen molar-refractivity contribution >= 4 is 11.3 Å². The van der Waals surface area contributed by atoms with Crippen LogP contribution in [0.5, 0.6) is 0 Å². The Bertz CT molecular complexity index is 462. The molecule has 2 heterocycles. The number of rotatable bonds is 4. The minimum Gasteiger partial charge on any atom is -0.365 e. The van der Waals surface area contributed by atoms with Crippen molar-refractivity contribution in [3.05, 3.63) is 24.7 Å². The van der Waals surface area contributed by atoms with Crippen molar-refractivity contribution < 1.29 is 0 Å². The van der Waals surface area contributed by atoms with Gasteiger partial charge >= 0.3 is 0 Å². The van der Waals surface area contributed by atoms with Crippen molar-refractivity contribution in [1.29, 1.82) is 0 Å². The summed E-state index contributed by atoms with van der Waals surface area (Å²) in [5, 5.41) is 7.56. The fraction of sp³-hybridized carbons (Fsp3) is 0.455. The first kappa shape index (κ1) is 10.9. The van der Waals surface area contributed by atoms with Crippen LogP contribution in [0, 0.1) is 0 Å². The summed E-state index contributed by atoms with van der Waals surface area (Å²) in [6.45, 7) is 3.11. The Labute approximate surface area is 95.1 Å². The van der Waals surface area contributed by atoms with Crippen LogP contribution in [-0.4, -0.2) is 46.2 Å². The first-order chi connectivity index (χ1) is 7.66. The first-order valence-corrected chi connectivity index (χ1v) is 5.36. The molecular formula is C11H17N5. The van der Waals surface area contributed by atoms with Gasteiger partial charge in [-0.3, -0.25) is 0 Å². The smallest absolute Gasteiger partial charge is 0.152 e. The quantitative estimate of drug-likeness (QED) is 0.836. The molecule has 0 bridgehead atoms. The molecule has 0 aliphatic rings. The minimum absolute atomic E-state index is 0.351. The molecule has 5 heteroatoms. The lowest BCUT2D eigenvalue weighted by Gasteiger charge is -2.19. The third-order valence-electron chi connectivity index (χ3n) is 2.35. The molecule has 2 rings (SSSR count). The van der Waals surface area contributed by atoms with Gasteiger partial charge in [0, 0.05) is 25.0 Å². The molecule has 86 valence electrons. The molecule has 0 aliphatic heterocycles. The second-order valence-electron chi connectivity index (χ2n) is 4.24. The predicted molar refractivity (Wildman–Crippen MR) is 64.6 cm³/mol. The Morgan fingerprint density at radius 1 is 1.44 bits per heavy atom. The van der Waals surface area contributed by atoms with Gasteiger partial charge in [0.1, 0.15) is 5.52 Å². The van der Waals surface area contributed by atoms with E-state index in [2.05, 4.69) is 41.3 Å². The Morgan fingerprint density at radius 2 is 2.25 bits per heavy atom. The van der Waals surface area contributed by atoms with Crippen molar-refractivity contribution in [3.8, 4) is 0 Å². The highest BCUT2D eigenvalue weighted by molar-refractivity contribution is 5.66. The Morgan fingerprint density at radius 3 is 3.00 bits per heavy atom. The molecular weight excluding hydrogens is 202 g/mol. The van der Waals surface area contributed by atoms with E-state index in [0.717, 1.165) is 17.9 Å². The maximum Gasteiger partial charge on any atom is 0.152 e. The van der Waals surface area contributed by atoms with Crippen LogP contribution in [0.1, 0.15) is 6.92 Å². The molecule has 1 atom stereocenters. The van der Waals surface area contributed by atoms with Crippen LogP contribution >= 0.6 is 0 Å². The number of hydrogen-bond donors (Lipinski definition) is 1. The van der Waals surface area contributed by atoms with Gasteiger partial charge in [-0.1, -0.05) is 0 Å². The zero-order valence-electron chi connectivity index (χ0n) is 9.88. The predicted octanol–water partition coefficient (Wildman–Crippen LogP) is 1.09. The lowest BCUT2D eigenvalue weighted by atomic mass is 10.3. The molecule has 1 N–H and O–H groups in total. The Kier molecular flexibility index (Phi) is 3.05. The SMILES string of the molecule is CC(CN(C)C)Nc1nccn2nccc12. The van der Waals surface area contributed by atoms with E-state index in [1.807, 2.05) is 16.8 Å². The van der Waals surface area contributed by atoms with E-state index >= 15 is 0 Å². The van der Waals surface area contributed by atoms with E-state index in [4.69, 9.17) is 0 Å². The average Bonchev–Trinajstić information content (AvgIpc) is 2.65. The molecule has 2 aromatic rings. The van der Waals surface area contributed by atoms with Crippen molar-refractivity contribution in [2.24, 2.45) is 0 Å². The molecule has 16 heavy (non-hydrogen) atoms. The van der Waals surface area contributed by atoms with Crippen LogP contribution in [-0.2, 0) is 0 Å². The van der Waals surface area contributed by atoms with E-state index in [9.17, 15) is 0 Å². The van der Waals surface area contributed by atoms with Gasteiger partial charge in [-0.15, -0.1) is 0 Å². The molecule has 1 unspecified atom stereocenters. The fourth-order valence-electron chi connectivity index (χ4n) is 1.80. The fourth-order valence-corrected chi connectivity index (χ4v) is 1.80. The van der Waals surface area contributed by atoms with E-state index in [1.54, 1.807) is 12.4 Å². The van der Waals surface area contributed by atoms with Crippen molar-refractivity contribution in [3.63, 3.8) is 0 Å². The summed E-state index contributed by atoms with van der Waals surface area (Å²) in [6, 6.07) is 2.31. The van der Waals surface area contributed by atoms with Crippen molar-refractivity contribution in [2.45, 2.75) is 13.0 Å². The summed E-state index contributed by atoms with van der Waals surface area (Å²) in [6.07, 6.45) is 5.38. The maximum absolute atomic E-state index is 4.34. The molecule has 0 spiro atoms. The third-order valence-corrected chi connectivity index (χ3v) is 2.35. The topological polar surface area (TPSA) is 45.5 Å². The van der Waals surface area contributed by atoms with Crippen LogP contribution in [0.2, 0.25) is 0 Å². The standard InChI is InChI=1S/C11H17N5/c1-9(8-15(2)3)14-11-10-4-5-13-16(10)7-6-12-11/h4-7,9H,8H2,1-3H3,(H,12,14). The molecule has 2 aromatic heterocycles. The average molecular weight is 219 g/mol. The summed E-state index contributed by atoms with van der Waals surface area (Å²) < 4.78 is 1.82. The number of nitrogens with zero attached hydrogens (tertiary/aromatic N) is 4. The maximum atomic E-state index is 4.34. The number of aromatic nitrogens is 3. The lowest BCUT2D eigenvalue weighted by Crippen LogP contribution is -2.30. The molecule has 0 radical (unpaired) electrons. The Hall–Kier alpha value is -1.62. The minimum atomic E-state index is 0.351. The number of hydrogen-bond acceptors (Lipinski definition) is 4. The van der Waals surface area contributed by atoms with Gasteiger partial charge < -0.3 is 10.2 Å². The van der Waals surface area contributed by atoms with Gasteiger partial charge in [-0.05, 0) is 27.1 Å². The molecule has 0 fully saturated rings. The van der Waals surface area contributed by atoms with E-state index in [1.165, 1.54) is 0 Å². The monoisotopic (exact) mass is 219 g/mol. The largest absolute Gasteiger partial charge is 0.365 e. The first-order valence-electron chi connectivity index (χ1n) is 5.36. The van der Waals surface area contributed by atoms with E-state index in [-0.39, 0.29) is 0 Å². The van der Waals surface area contributed by atoms with Gasteiger partial charge in [0.25, 0.3) is 0 Å². The van der Waals surface area contributed by atoms with Crippen LogP contribution in [0.15, 0.2) is 24.7 Å². The van der Waals surface area contributed by atoms with E-state index in [0.29, 0.717) is 6.04 Å². The third kappa shape index (κ3) is 2.30. The summed E-state index contributed by atoms with van der Waals surface area (Å²) in [5.74, 6) is 0.884. The molecule has 0 saturated carbocycles. The highest BCUT2D eigenvalue weighted by atomic mass is 15.2. The zero-order valence-corrected chi connectivity index (χ0v) is 9.88. The van der Waals surface area contributed by atoms with Crippen LogP contribution in [0.3, 0.4) is 0 Å². The number of fused-ring (bicyclic) bond motifs is 1. The number of nitrogens with one attached hydrogen (secondary N) is 1. The van der Waals surface area contributed by atoms with Gasteiger partial charge in [-0.25, -0.2) is 9.50 Å². The summed E-state index contributed by atoms with van der Waals surface area (Å²) >= 11 is 0. The summed E-state index contributed by atoms with van der Waals surface area (Å²) in [7, 11) is 4.12.